The highest BCUT2D eigenvalue weighted by atomic mass is 16.3. The summed E-state index contributed by atoms with van der Waals surface area (Å²) in [6.07, 6.45) is -0.653. The number of aliphatic hydroxyl groups is 1. The van der Waals surface area contributed by atoms with Crippen molar-refractivity contribution in [1.29, 1.82) is 0 Å². The molecular formula is C16H18N2O2. The zero-order chi connectivity index (χ0) is 14.5. The van der Waals surface area contributed by atoms with Crippen LogP contribution in [0.15, 0.2) is 48.5 Å². The molecule has 0 heterocycles. The Morgan fingerprint density at radius 3 is 2.70 bits per heavy atom. The second kappa shape index (κ2) is 6.21. The Morgan fingerprint density at radius 1 is 1.25 bits per heavy atom. The molecule has 0 aliphatic heterocycles. The predicted molar refractivity (Wildman–Crippen MR) is 80.8 cm³/mol. The second-order valence-corrected chi connectivity index (χ2v) is 4.70. The van der Waals surface area contributed by atoms with Crippen LogP contribution in [0, 0.1) is 0 Å². The van der Waals surface area contributed by atoms with E-state index < -0.39 is 6.10 Å². The minimum Gasteiger partial charge on any atom is -0.399 e. The van der Waals surface area contributed by atoms with Crippen LogP contribution in [0.1, 0.15) is 28.9 Å². The molecule has 0 aliphatic rings. The zero-order valence-corrected chi connectivity index (χ0v) is 11.3. The van der Waals surface area contributed by atoms with Crippen molar-refractivity contribution in [3.05, 3.63) is 59.7 Å². The van der Waals surface area contributed by atoms with E-state index >= 15 is 0 Å². The van der Waals surface area contributed by atoms with Crippen LogP contribution in [-0.2, 0) is 0 Å². The lowest BCUT2D eigenvalue weighted by atomic mass is 10.1. The third kappa shape index (κ3) is 3.59. The number of nitrogens with two attached hydrogens (primary N) is 1. The molecular weight excluding hydrogens is 252 g/mol. The zero-order valence-electron chi connectivity index (χ0n) is 11.3. The summed E-state index contributed by atoms with van der Waals surface area (Å²) in [4.78, 5) is 11.3. The molecule has 2 aromatic carbocycles. The quantitative estimate of drug-likeness (QED) is 0.576. The third-order valence-corrected chi connectivity index (χ3v) is 3.06. The molecule has 4 heteroatoms. The van der Waals surface area contributed by atoms with Gasteiger partial charge in [-0.25, -0.2) is 0 Å². The standard InChI is InChI=1S/C16H18N2O2/c1-11(19)12-4-3-7-15(9-12)18-10-16(20)13-5-2-6-14(17)8-13/h2-9,16,18,20H,10,17H2,1H3. The van der Waals surface area contributed by atoms with E-state index in [1.807, 2.05) is 24.3 Å². The molecule has 0 radical (unpaired) electrons. The first-order valence-corrected chi connectivity index (χ1v) is 6.44. The maximum Gasteiger partial charge on any atom is 0.159 e. The molecule has 1 atom stereocenters. The van der Waals surface area contributed by atoms with Crippen molar-refractivity contribution in [3.8, 4) is 0 Å². The number of ketones is 1. The van der Waals surface area contributed by atoms with Crippen LogP contribution in [-0.4, -0.2) is 17.4 Å². The van der Waals surface area contributed by atoms with Gasteiger partial charge in [0, 0.05) is 23.5 Å². The molecule has 0 spiro atoms. The highest BCUT2D eigenvalue weighted by molar-refractivity contribution is 5.94. The maximum atomic E-state index is 11.3. The number of benzene rings is 2. The molecule has 4 N–H and O–H groups in total. The number of hydrogen-bond donors (Lipinski definition) is 3. The molecule has 0 bridgehead atoms. The van der Waals surface area contributed by atoms with Gasteiger partial charge in [0.2, 0.25) is 0 Å². The summed E-state index contributed by atoms with van der Waals surface area (Å²) in [5.41, 5.74) is 8.53. The smallest absolute Gasteiger partial charge is 0.159 e. The molecule has 2 rings (SSSR count). The minimum absolute atomic E-state index is 0.0185. The number of nitrogen functional groups attached to an aromatic ring is 1. The summed E-state index contributed by atoms with van der Waals surface area (Å²) in [5.74, 6) is 0.0185. The molecule has 0 aliphatic carbocycles. The normalized spacial score (nSPS) is 11.9. The number of nitrogens with one attached hydrogen (secondary N) is 1. The van der Waals surface area contributed by atoms with E-state index in [-0.39, 0.29) is 5.78 Å². The van der Waals surface area contributed by atoms with Gasteiger partial charge in [0.05, 0.1) is 6.10 Å². The van der Waals surface area contributed by atoms with Crippen LogP contribution in [0.25, 0.3) is 0 Å². The van der Waals surface area contributed by atoms with E-state index in [9.17, 15) is 9.90 Å². The number of hydrogen-bond acceptors (Lipinski definition) is 4. The first-order chi connectivity index (χ1) is 9.56. The topological polar surface area (TPSA) is 75.3 Å². The van der Waals surface area contributed by atoms with Gasteiger partial charge in [-0.2, -0.15) is 0 Å². The van der Waals surface area contributed by atoms with Crippen LogP contribution in [0.3, 0.4) is 0 Å². The Bertz CT molecular complexity index is 611. The fourth-order valence-electron chi connectivity index (χ4n) is 1.95. The number of rotatable bonds is 5. The molecule has 0 amide bonds. The number of Topliss-reactive ketones (excluding diaryl/α,β-unsaturated/α-hetero) is 1. The monoisotopic (exact) mass is 270 g/mol. The SMILES string of the molecule is CC(=O)c1cccc(NCC(O)c2cccc(N)c2)c1. The summed E-state index contributed by atoms with van der Waals surface area (Å²) < 4.78 is 0. The lowest BCUT2D eigenvalue weighted by Crippen LogP contribution is -2.12. The lowest BCUT2D eigenvalue weighted by molar-refractivity contribution is 0.101. The first kappa shape index (κ1) is 14.1. The third-order valence-electron chi connectivity index (χ3n) is 3.06. The second-order valence-electron chi connectivity index (χ2n) is 4.70. The van der Waals surface area contributed by atoms with Crippen molar-refractivity contribution in [3.63, 3.8) is 0 Å². The van der Waals surface area contributed by atoms with E-state index in [0.717, 1.165) is 11.3 Å². The van der Waals surface area contributed by atoms with Crippen molar-refractivity contribution >= 4 is 17.2 Å². The van der Waals surface area contributed by atoms with E-state index in [2.05, 4.69) is 5.32 Å². The highest BCUT2D eigenvalue weighted by Crippen LogP contribution is 2.17. The van der Waals surface area contributed by atoms with Crippen LogP contribution in [0.2, 0.25) is 0 Å². The van der Waals surface area contributed by atoms with Crippen molar-refractivity contribution in [2.24, 2.45) is 0 Å². The molecule has 1 unspecified atom stereocenters. The van der Waals surface area contributed by atoms with Crippen LogP contribution < -0.4 is 11.1 Å². The van der Waals surface area contributed by atoms with Gasteiger partial charge in [-0.15, -0.1) is 0 Å². The number of carbonyl (C=O) groups excluding carboxylic acids is 1. The molecule has 4 nitrogen and oxygen atoms in total. The van der Waals surface area contributed by atoms with Crippen molar-refractivity contribution in [2.75, 3.05) is 17.6 Å². The maximum absolute atomic E-state index is 11.3. The average Bonchev–Trinajstić information content (AvgIpc) is 2.45. The Balaban J connectivity index is 2.01. The predicted octanol–water partition coefficient (Wildman–Crippen LogP) is 2.62. The molecule has 2 aromatic rings. The van der Waals surface area contributed by atoms with Gasteiger partial charge in [-0.1, -0.05) is 24.3 Å². The molecule has 104 valence electrons. The molecule has 20 heavy (non-hydrogen) atoms. The average molecular weight is 270 g/mol. The Kier molecular flexibility index (Phi) is 4.38. The Labute approximate surface area is 118 Å². The first-order valence-electron chi connectivity index (χ1n) is 6.44. The van der Waals surface area contributed by atoms with Crippen molar-refractivity contribution in [1.82, 2.24) is 0 Å². The fourth-order valence-corrected chi connectivity index (χ4v) is 1.95. The van der Waals surface area contributed by atoms with Gasteiger partial charge in [0.15, 0.2) is 5.78 Å². The minimum atomic E-state index is -0.653. The Hall–Kier alpha value is -2.33. The number of anilines is 2. The van der Waals surface area contributed by atoms with Crippen molar-refractivity contribution in [2.45, 2.75) is 13.0 Å². The van der Waals surface area contributed by atoms with E-state index in [4.69, 9.17) is 5.73 Å². The van der Waals surface area contributed by atoms with Crippen LogP contribution >= 0.6 is 0 Å². The largest absolute Gasteiger partial charge is 0.399 e. The van der Waals surface area contributed by atoms with E-state index in [1.165, 1.54) is 6.92 Å². The lowest BCUT2D eigenvalue weighted by Gasteiger charge is -2.14. The van der Waals surface area contributed by atoms with Gasteiger partial charge in [0.1, 0.15) is 0 Å². The Morgan fingerprint density at radius 2 is 2.00 bits per heavy atom. The molecule has 0 saturated carbocycles. The van der Waals surface area contributed by atoms with Crippen molar-refractivity contribution < 1.29 is 9.90 Å². The summed E-state index contributed by atoms with van der Waals surface area (Å²) in [7, 11) is 0. The number of carbonyl (C=O) groups is 1. The molecule has 0 fully saturated rings. The highest BCUT2D eigenvalue weighted by Gasteiger charge is 2.08. The fraction of sp³-hybridized carbons (Fsp3) is 0.188. The van der Waals surface area contributed by atoms with Gasteiger partial charge in [0.25, 0.3) is 0 Å². The summed E-state index contributed by atoms with van der Waals surface area (Å²) in [5, 5.41) is 13.2. The van der Waals surface area contributed by atoms with E-state index in [0.29, 0.717) is 17.8 Å². The van der Waals surface area contributed by atoms with Crippen LogP contribution in [0.5, 0.6) is 0 Å². The van der Waals surface area contributed by atoms with Gasteiger partial charge < -0.3 is 16.2 Å². The number of aliphatic hydroxyl groups excluding tert-OH is 1. The summed E-state index contributed by atoms with van der Waals surface area (Å²) in [6.45, 7) is 1.88. The van der Waals surface area contributed by atoms with Crippen LogP contribution in [0.4, 0.5) is 11.4 Å². The molecule has 0 saturated heterocycles. The summed E-state index contributed by atoms with van der Waals surface area (Å²) >= 11 is 0. The van der Waals surface area contributed by atoms with Gasteiger partial charge >= 0.3 is 0 Å². The van der Waals surface area contributed by atoms with Gasteiger partial charge in [-0.3, -0.25) is 4.79 Å². The van der Waals surface area contributed by atoms with Gasteiger partial charge in [-0.05, 0) is 36.8 Å². The summed E-state index contributed by atoms with van der Waals surface area (Å²) in [6, 6.07) is 14.4. The van der Waals surface area contributed by atoms with E-state index in [1.54, 1.807) is 24.3 Å². The molecule has 0 aromatic heterocycles.